The molecule has 0 bridgehead atoms. The van der Waals surface area contributed by atoms with Gasteiger partial charge in [0.05, 0.1) is 17.4 Å². The highest BCUT2D eigenvalue weighted by molar-refractivity contribution is 6.14. The van der Waals surface area contributed by atoms with Gasteiger partial charge in [0.25, 0.3) is 5.91 Å². The van der Waals surface area contributed by atoms with Gasteiger partial charge in [0.15, 0.2) is 5.69 Å². The van der Waals surface area contributed by atoms with Crippen molar-refractivity contribution in [2.45, 2.75) is 6.92 Å². The van der Waals surface area contributed by atoms with Crippen molar-refractivity contribution < 1.29 is 9.59 Å². The molecule has 1 radical (unpaired) electrons. The molecule has 0 saturated carbocycles. The average Bonchev–Trinajstić information content (AvgIpc) is 3.21. The molecule has 8 heteroatoms. The topological polar surface area (TPSA) is 113 Å². The Labute approximate surface area is 142 Å². The van der Waals surface area contributed by atoms with Crippen LogP contribution >= 0.6 is 0 Å². The van der Waals surface area contributed by atoms with Gasteiger partial charge < -0.3 is 10.6 Å². The fourth-order valence-corrected chi connectivity index (χ4v) is 2.67. The maximum absolute atomic E-state index is 12.5. The van der Waals surface area contributed by atoms with Crippen LogP contribution < -0.4 is 16.1 Å². The summed E-state index contributed by atoms with van der Waals surface area (Å²) in [7, 11) is 0. The van der Waals surface area contributed by atoms with Crippen LogP contribution in [-0.4, -0.2) is 28.2 Å². The monoisotopic (exact) mass is 333 g/mol. The first-order valence-electron chi connectivity index (χ1n) is 7.56. The molecule has 1 aromatic heterocycles. The molecule has 2 amide bonds. The van der Waals surface area contributed by atoms with Gasteiger partial charge in [0.2, 0.25) is 5.91 Å². The molecule has 1 aliphatic heterocycles. The van der Waals surface area contributed by atoms with Crippen molar-refractivity contribution in [3.05, 3.63) is 47.7 Å². The predicted molar refractivity (Wildman–Crippen MR) is 94.2 cm³/mol. The summed E-state index contributed by atoms with van der Waals surface area (Å²) in [5, 5.41) is 17.0. The maximum atomic E-state index is 12.5. The second-order valence-electron chi connectivity index (χ2n) is 5.55. The van der Waals surface area contributed by atoms with Crippen LogP contribution in [0.2, 0.25) is 0 Å². The standard InChI is InChI=1S/C17H13N6O2/c1-9(24)19-10-2-4-11(5-3-10)20-17(25)16-12-6-7-14-13(8-18-21-14)15(12)22-23-16/h2-8H,1H3,(H,19,24)(H,20,25)(H,22,23). The van der Waals surface area contributed by atoms with Crippen molar-refractivity contribution in [3.8, 4) is 0 Å². The van der Waals surface area contributed by atoms with E-state index < -0.39 is 0 Å². The van der Waals surface area contributed by atoms with Crippen LogP contribution in [-0.2, 0) is 4.79 Å². The van der Waals surface area contributed by atoms with Gasteiger partial charge in [0, 0.05) is 29.2 Å². The summed E-state index contributed by atoms with van der Waals surface area (Å²) in [5.41, 5.74) is 7.85. The zero-order valence-electron chi connectivity index (χ0n) is 13.2. The molecular weight excluding hydrogens is 320 g/mol. The number of benzene rings is 2. The summed E-state index contributed by atoms with van der Waals surface area (Å²) in [4.78, 5) is 23.6. The van der Waals surface area contributed by atoms with E-state index in [-0.39, 0.29) is 11.8 Å². The number of aromatic amines is 1. The highest BCUT2D eigenvalue weighted by atomic mass is 16.2. The molecule has 25 heavy (non-hydrogen) atoms. The first kappa shape index (κ1) is 14.9. The molecule has 2 aromatic carbocycles. The van der Waals surface area contributed by atoms with Crippen LogP contribution in [0.3, 0.4) is 0 Å². The molecule has 0 unspecified atom stereocenters. The second-order valence-corrected chi connectivity index (χ2v) is 5.55. The highest BCUT2D eigenvalue weighted by Crippen LogP contribution is 2.28. The van der Waals surface area contributed by atoms with E-state index in [1.807, 2.05) is 0 Å². The van der Waals surface area contributed by atoms with Gasteiger partial charge in [-0.15, -0.1) is 0 Å². The second kappa shape index (κ2) is 5.75. The Kier molecular flexibility index (Phi) is 3.42. The van der Waals surface area contributed by atoms with Crippen molar-refractivity contribution in [1.29, 1.82) is 0 Å². The van der Waals surface area contributed by atoms with E-state index in [9.17, 15) is 9.59 Å². The van der Waals surface area contributed by atoms with Crippen LogP contribution in [0.25, 0.3) is 10.9 Å². The number of hydrogen-bond acceptors (Lipinski definition) is 4. The number of aromatic nitrogens is 2. The zero-order valence-corrected chi connectivity index (χ0v) is 13.2. The number of H-pyrrole nitrogens is 1. The molecule has 0 atom stereocenters. The quantitative estimate of drug-likeness (QED) is 0.683. The number of rotatable bonds is 3. The van der Waals surface area contributed by atoms with Crippen LogP contribution in [0.15, 0.2) is 41.5 Å². The van der Waals surface area contributed by atoms with E-state index in [4.69, 9.17) is 0 Å². The normalized spacial score (nSPS) is 11.9. The molecule has 1 aliphatic rings. The fourth-order valence-electron chi connectivity index (χ4n) is 2.67. The number of nitrogens with one attached hydrogen (secondary N) is 3. The van der Waals surface area contributed by atoms with E-state index in [2.05, 4.69) is 31.4 Å². The summed E-state index contributed by atoms with van der Waals surface area (Å²) in [6.45, 7) is 1.44. The van der Waals surface area contributed by atoms with E-state index >= 15 is 0 Å². The van der Waals surface area contributed by atoms with Gasteiger partial charge in [0.1, 0.15) is 0 Å². The smallest absolute Gasteiger partial charge is 0.276 e. The molecule has 0 fully saturated rings. The lowest BCUT2D eigenvalue weighted by Gasteiger charge is -2.06. The third kappa shape index (κ3) is 2.69. The molecule has 3 aromatic rings. The van der Waals surface area contributed by atoms with E-state index in [0.29, 0.717) is 22.5 Å². The Bertz CT molecular complexity index is 1020. The van der Waals surface area contributed by atoms with Crippen LogP contribution in [0.1, 0.15) is 23.0 Å². The molecule has 2 heterocycles. The van der Waals surface area contributed by atoms with Gasteiger partial charge in [-0.05, 0) is 36.4 Å². The minimum Gasteiger partial charge on any atom is -0.326 e. The minimum absolute atomic E-state index is 0.150. The SMILES string of the molecule is CC(=O)Nc1ccc(NC(=O)c2n[nH]c3c4c(ccc23)[N]N=C4)cc1. The Morgan fingerprint density at radius 2 is 1.72 bits per heavy atom. The summed E-state index contributed by atoms with van der Waals surface area (Å²) in [6, 6.07) is 10.4. The Balaban J connectivity index is 1.58. The lowest BCUT2D eigenvalue weighted by Crippen LogP contribution is -2.13. The molecule has 123 valence electrons. The number of nitrogens with zero attached hydrogens (tertiary/aromatic N) is 3. The van der Waals surface area contributed by atoms with Gasteiger partial charge in [-0.3, -0.25) is 14.7 Å². The number of amides is 2. The molecule has 0 aliphatic carbocycles. The van der Waals surface area contributed by atoms with Crippen molar-refractivity contribution >= 4 is 46.0 Å². The molecule has 3 N–H and O–H groups in total. The Morgan fingerprint density at radius 1 is 1.00 bits per heavy atom. The lowest BCUT2D eigenvalue weighted by molar-refractivity contribution is -0.114. The first-order chi connectivity index (χ1) is 12.1. The Morgan fingerprint density at radius 3 is 2.44 bits per heavy atom. The number of carbonyl (C=O) groups is 2. The third-order valence-electron chi connectivity index (χ3n) is 3.79. The van der Waals surface area contributed by atoms with Gasteiger partial charge in [-0.1, -0.05) is 0 Å². The van der Waals surface area contributed by atoms with Gasteiger partial charge in [-0.2, -0.15) is 15.6 Å². The number of carbonyl (C=O) groups excluding carboxylic acids is 2. The van der Waals surface area contributed by atoms with Crippen LogP contribution in [0, 0.1) is 0 Å². The highest BCUT2D eigenvalue weighted by Gasteiger charge is 2.19. The molecular formula is C17H13N6O2. The molecule has 0 saturated heterocycles. The van der Waals surface area contributed by atoms with Gasteiger partial charge in [-0.25, -0.2) is 0 Å². The molecule has 8 nitrogen and oxygen atoms in total. The molecule has 0 spiro atoms. The van der Waals surface area contributed by atoms with Crippen molar-refractivity contribution in [3.63, 3.8) is 0 Å². The first-order valence-corrected chi connectivity index (χ1v) is 7.56. The predicted octanol–water partition coefficient (Wildman–Crippen LogP) is 2.36. The summed E-state index contributed by atoms with van der Waals surface area (Å²) in [5.74, 6) is -0.479. The van der Waals surface area contributed by atoms with E-state index in [0.717, 1.165) is 16.8 Å². The summed E-state index contributed by atoms with van der Waals surface area (Å²) >= 11 is 0. The van der Waals surface area contributed by atoms with E-state index in [1.165, 1.54) is 6.92 Å². The van der Waals surface area contributed by atoms with Crippen LogP contribution in [0.4, 0.5) is 17.1 Å². The van der Waals surface area contributed by atoms with Crippen molar-refractivity contribution in [2.75, 3.05) is 10.6 Å². The lowest BCUT2D eigenvalue weighted by atomic mass is 10.1. The largest absolute Gasteiger partial charge is 0.326 e. The van der Waals surface area contributed by atoms with Gasteiger partial charge >= 0.3 is 0 Å². The maximum Gasteiger partial charge on any atom is 0.276 e. The molecule has 4 rings (SSSR count). The van der Waals surface area contributed by atoms with Crippen LogP contribution in [0.5, 0.6) is 0 Å². The number of anilines is 2. The summed E-state index contributed by atoms with van der Waals surface area (Å²) in [6.07, 6.45) is 1.64. The van der Waals surface area contributed by atoms with E-state index in [1.54, 1.807) is 42.6 Å². The third-order valence-corrected chi connectivity index (χ3v) is 3.79. The van der Waals surface area contributed by atoms with Crippen molar-refractivity contribution in [1.82, 2.24) is 15.6 Å². The number of fused-ring (bicyclic) bond motifs is 3. The summed E-state index contributed by atoms with van der Waals surface area (Å²) < 4.78 is 0. The zero-order chi connectivity index (χ0) is 17.4. The minimum atomic E-state index is -0.328. The fraction of sp³-hybridized carbons (Fsp3) is 0.0588. The number of hydrogen-bond donors (Lipinski definition) is 3. The average molecular weight is 333 g/mol. The van der Waals surface area contributed by atoms with Crippen molar-refractivity contribution in [2.24, 2.45) is 5.10 Å². The Hall–Kier alpha value is -3.68.